The normalized spacial score (nSPS) is 18.1. The third-order valence-electron chi connectivity index (χ3n) is 3.79. The van der Waals surface area contributed by atoms with Crippen LogP contribution in [0.25, 0.3) is 0 Å². The Kier molecular flexibility index (Phi) is 5.33. The van der Waals surface area contributed by atoms with E-state index in [2.05, 4.69) is 23.4 Å². The van der Waals surface area contributed by atoms with Crippen molar-refractivity contribution in [3.8, 4) is 0 Å². The van der Waals surface area contributed by atoms with Crippen molar-refractivity contribution < 1.29 is 0 Å². The van der Waals surface area contributed by atoms with Crippen LogP contribution in [0.2, 0.25) is 10.0 Å². The summed E-state index contributed by atoms with van der Waals surface area (Å²) in [5.74, 6) is 0. The Morgan fingerprint density at radius 2 is 1.95 bits per heavy atom. The van der Waals surface area contributed by atoms with Crippen LogP contribution in [0.3, 0.4) is 0 Å². The summed E-state index contributed by atoms with van der Waals surface area (Å²) in [5, 5.41) is 1.31. The summed E-state index contributed by atoms with van der Waals surface area (Å²) < 4.78 is 0. The lowest BCUT2D eigenvalue weighted by Crippen LogP contribution is -2.47. The molecule has 2 rings (SSSR count). The Morgan fingerprint density at radius 3 is 2.55 bits per heavy atom. The number of nitrogens with two attached hydrogens (primary N) is 1. The van der Waals surface area contributed by atoms with Crippen molar-refractivity contribution in [1.82, 2.24) is 9.80 Å². The molecule has 0 amide bonds. The Labute approximate surface area is 130 Å². The Bertz CT molecular complexity index is 482. The average Bonchev–Trinajstić information content (AvgIpc) is 2.42. The van der Waals surface area contributed by atoms with Crippen LogP contribution in [0.5, 0.6) is 0 Å². The molecular formula is C15H21Cl2N3. The quantitative estimate of drug-likeness (QED) is 0.927. The lowest BCUT2D eigenvalue weighted by atomic mass is 10.0. The smallest absolute Gasteiger partial charge is 0.0481 e. The summed E-state index contributed by atoms with van der Waals surface area (Å²) in [6.07, 6.45) is 0.682. The van der Waals surface area contributed by atoms with Crippen LogP contribution in [-0.4, -0.2) is 49.1 Å². The second-order valence-corrected chi connectivity index (χ2v) is 6.17. The third kappa shape index (κ3) is 3.89. The van der Waals surface area contributed by atoms with Gasteiger partial charge in [-0.3, -0.25) is 0 Å². The van der Waals surface area contributed by atoms with Gasteiger partial charge in [0.1, 0.15) is 0 Å². The molecule has 3 nitrogen and oxygen atoms in total. The van der Waals surface area contributed by atoms with Crippen LogP contribution in [0.1, 0.15) is 5.56 Å². The molecule has 1 aliphatic rings. The van der Waals surface area contributed by atoms with Gasteiger partial charge < -0.3 is 15.5 Å². The van der Waals surface area contributed by atoms with Crippen LogP contribution in [0.15, 0.2) is 30.5 Å². The number of nitrogens with zero attached hydrogens (tertiary/aromatic N) is 2. The molecule has 0 radical (unpaired) electrons. The maximum Gasteiger partial charge on any atom is 0.0481 e. The van der Waals surface area contributed by atoms with Crippen molar-refractivity contribution in [3.05, 3.63) is 46.1 Å². The van der Waals surface area contributed by atoms with Gasteiger partial charge in [-0.1, -0.05) is 35.8 Å². The first kappa shape index (κ1) is 15.6. The fourth-order valence-corrected chi connectivity index (χ4v) is 2.86. The molecule has 1 heterocycles. The summed E-state index contributed by atoms with van der Waals surface area (Å²) in [4.78, 5) is 4.58. The summed E-state index contributed by atoms with van der Waals surface area (Å²) in [7, 11) is 2.13. The van der Waals surface area contributed by atoms with Crippen LogP contribution in [0.4, 0.5) is 0 Å². The zero-order valence-corrected chi connectivity index (χ0v) is 13.3. The molecule has 0 spiro atoms. The van der Waals surface area contributed by atoms with E-state index in [1.807, 2.05) is 12.1 Å². The molecule has 110 valence electrons. The zero-order valence-electron chi connectivity index (χ0n) is 11.8. The van der Waals surface area contributed by atoms with Gasteiger partial charge in [-0.05, 0) is 31.2 Å². The molecule has 20 heavy (non-hydrogen) atoms. The van der Waals surface area contributed by atoms with E-state index in [-0.39, 0.29) is 6.04 Å². The van der Waals surface area contributed by atoms with Gasteiger partial charge in [0.25, 0.3) is 0 Å². The summed E-state index contributed by atoms with van der Waals surface area (Å²) >= 11 is 12.1. The van der Waals surface area contributed by atoms with Gasteiger partial charge in [-0.2, -0.15) is 0 Å². The van der Waals surface area contributed by atoms with Crippen molar-refractivity contribution in [2.75, 3.05) is 33.2 Å². The highest BCUT2D eigenvalue weighted by molar-refractivity contribution is 6.35. The van der Waals surface area contributed by atoms with Crippen molar-refractivity contribution in [2.24, 2.45) is 5.73 Å². The molecule has 1 aromatic carbocycles. The lowest BCUT2D eigenvalue weighted by molar-refractivity contribution is 0.179. The predicted octanol–water partition coefficient (Wildman–Crippen LogP) is 2.62. The molecule has 0 saturated carbocycles. The predicted molar refractivity (Wildman–Crippen MR) is 86.4 cm³/mol. The number of piperazine rings is 1. The van der Waals surface area contributed by atoms with E-state index in [9.17, 15) is 0 Å². The number of hydrogen-bond acceptors (Lipinski definition) is 3. The Hall–Kier alpha value is -0.740. The van der Waals surface area contributed by atoms with Gasteiger partial charge in [0, 0.05) is 48.0 Å². The van der Waals surface area contributed by atoms with Crippen LogP contribution in [0, 0.1) is 0 Å². The molecule has 0 bridgehead atoms. The minimum Gasteiger partial charge on any atom is -0.371 e. The molecule has 1 aromatic rings. The van der Waals surface area contributed by atoms with E-state index in [1.54, 1.807) is 6.07 Å². The fraction of sp³-hybridized carbons (Fsp3) is 0.467. The molecule has 2 N–H and O–H groups in total. The number of benzene rings is 1. The van der Waals surface area contributed by atoms with Crippen molar-refractivity contribution in [2.45, 2.75) is 12.5 Å². The minimum absolute atomic E-state index is 0.114. The highest BCUT2D eigenvalue weighted by Gasteiger charge is 2.20. The highest BCUT2D eigenvalue weighted by Crippen LogP contribution is 2.23. The van der Waals surface area contributed by atoms with Gasteiger partial charge in [-0.15, -0.1) is 0 Å². The molecular weight excluding hydrogens is 293 g/mol. The number of halogens is 2. The van der Waals surface area contributed by atoms with E-state index in [4.69, 9.17) is 28.9 Å². The average molecular weight is 314 g/mol. The first-order valence-corrected chi connectivity index (χ1v) is 7.55. The fourth-order valence-electron chi connectivity index (χ4n) is 2.37. The van der Waals surface area contributed by atoms with Gasteiger partial charge >= 0.3 is 0 Å². The van der Waals surface area contributed by atoms with Gasteiger partial charge in [0.05, 0.1) is 0 Å². The van der Waals surface area contributed by atoms with E-state index in [0.717, 1.165) is 37.4 Å². The topological polar surface area (TPSA) is 32.5 Å². The summed E-state index contributed by atoms with van der Waals surface area (Å²) in [6, 6.07) is 5.41. The zero-order chi connectivity index (χ0) is 14.7. The molecule has 1 fully saturated rings. The first-order valence-electron chi connectivity index (χ1n) is 6.79. The summed E-state index contributed by atoms with van der Waals surface area (Å²) in [6.45, 7) is 8.23. The first-order chi connectivity index (χ1) is 9.47. The second kappa shape index (κ2) is 6.81. The van der Waals surface area contributed by atoms with Crippen LogP contribution in [-0.2, 0) is 6.42 Å². The van der Waals surface area contributed by atoms with E-state index in [1.165, 1.54) is 0 Å². The third-order valence-corrected chi connectivity index (χ3v) is 4.38. The van der Waals surface area contributed by atoms with E-state index in [0.29, 0.717) is 16.5 Å². The van der Waals surface area contributed by atoms with E-state index < -0.39 is 0 Å². The number of rotatable bonds is 4. The summed E-state index contributed by atoms with van der Waals surface area (Å²) in [5.41, 5.74) is 8.28. The number of likely N-dealkylation sites (N-methyl/N-ethyl adjacent to an activating group) is 1. The number of hydrogen-bond donors (Lipinski definition) is 1. The monoisotopic (exact) mass is 313 g/mol. The maximum absolute atomic E-state index is 6.28. The molecule has 0 aromatic heterocycles. The van der Waals surface area contributed by atoms with Crippen LogP contribution >= 0.6 is 23.2 Å². The Balaban J connectivity index is 1.97. The van der Waals surface area contributed by atoms with Crippen molar-refractivity contribution in [3.63, 3.8) is 0 Å². The molecule has 1 atom stereocenters. The Morgan fingerprint density at radius 1 is 1.30 bits per heavy atom. The van der Waals surface area contributed by atoms with Gasteiger partial charge in [-0.25, -0.2) is 0 Å². The molecule has 1 saturated heterocycles. The van der Waals surface area contributed by atoms with Crippen LogP contribution < -0.4 is 5.73 Å². The lowest BCUT2D eigenvalue weighted by Gasteiger charge is -2.37. The highest BCUT2D eigenvalue weighted by atomic mass is 35.5. The van der Waals surface area contributed by atoms with E-state index >= 15 is 0 Å². The SMILES string of the molecule is C=C([C@@H](N)Cc1ccc(Cl)cc1Cl)N1CCN(C)CC1. The molecule has 5 heteroatoms. The van der Waals surface area contributed by atoms with Crippen molar-refractivity contribution in [1.29, 1.82) is 0 Å². The molecule has 0 aliphatic carbocycles. The minimum atomic E-state index is -0.114. The second-order valence-electron chi connectivity index (χ2n) is 5.33. The molecule has 1 aliphatic heterocycles. The standard InChI is InChI=1S/C15H21Cl2N3/c1-11(20-7-5-19(2)6-8-20)15(18)9-12-3-4-13(16)10-14(12)17/h3-4,10,15H,1,5-9,18H2,2H3/t15-/m0/s1. The van der Waals surface area contributed by atoms with Gasteiger partial charge in [0.15, 0.2) is 0 Å². The molecule has 0 unspecified atom stereocenters. The van der Waals surface area contributed by atoms with Gasteiger partial charge in [0.2, 0.25) is 0 Å². The largest absolute Gasteiger partial charge is 0.371 e. The maximum atomic E-state index is 6.28. The van der Waals surface area contributed by atoms with Crippen molar-refractivity contribution >= 4 is 23.2 Å².